The second-order valence-electron chi connectivity index (χ2n) is 7.81. The minimum absolute atomic E-state index is 0.258. The highest BCUT2D eigenvalue weighted by atomic mass is 32.2. The molecule has 13 heteroatoms. The molecular formula is C21H26N8O4S. The number of hydrogen-bond donors (Lipinski definition) is 3. The normalized spacial score (nSPS) is 14.6. The summed E-state index contributed by atoms with van der Waals surface area (Å²) in [5.74, 6) is 1.46. The van der Waals surface area contributed by atoms with E-state index in [9.17, 15) is 13.2 Å². The summed E-state index contributed by atoms with van der Waals surface area (Å²) in [5.41, 5.74) is 1.73. The largest absolute Gasteiger partial charge is 0.465 e. The smallest absolute Gasteiger partial charge is 0.339 e. The third kappa shape index (κ3) is 5.43. The quantitative estimate of drug-likeness (QED) is 0.423. The number of aromatic nitrogens is 4. The number of nitrogens with one attached hydrogen (secondary N) is 3. The highest BCUT2D eigenvalue weighted by Gasteiger charge is 2.25. The van der Waals surface area contributed by atoms with Crippen molar-refractivity contribution in [1.82, 2.24) is 24.5 Å². The Balaban J connectivity index is 1.65. The van der Waals surface area contributed by atoms with Gasteiger partial charge in [-0.15, -0.1) is 0 Å². The third-order valence-corrected chi connectivity index (χ3v) is 6.59. The van der Waals surface area contributed by atoms with Gasteiger partial charge in [0.2, 0.25) is 16.0 Å². The Kier molecular flexibility index (Phi) is 6.65. The molecule has 1 aromatic carbocycles. The van der Waals surface area contributed by atoms with Gasteiger partial charge in [0.15, 0.2) is 5.82 Å². The van der Waals surface area contributed by atoms with E-state index in [-0.39, 0.29) is 5.95 Å². The number of ether oxygens (including phenoxy) is 1. The Bertz CT molecular complexity index is 1290. The van der Waals surface area contributed by atoms with Crippen molar-refractivity contribution in [2.75, 3.05) is 55.1 Å². The minimum Gasteiger partial charge on any atom is -0.465 e. The molecule has 2 aromatic heterocycles. The molecule has 1 aliphatic rings. The first-order chi connectivity index (χ1) is 16.2. The summed E-state index contributed by atoms with van der Waals surface area (Å²) in [6, 6.07) is 10.5. The van der Waals surface area contributed by atoms with Crippen LogP contribution in [0.1, 0.15) is 16.1 Å². The van der Waals surface area contributed by atoms with Gasteiger partial charge in [0.25, 0.3) is 0 Å². The number of rotatable bonds is 7. The van der Waals surface area contributed by atoms with E-state index < -0.39 is 16.0 Å². The second-order valence-corrected chi connectivity index (χ2v) is 9.79. The first-order valence-corrected chi connectivity index (χ1v) is 12.4. The highest BCUT2D eigenvalue weighted by Crippen LogP contribution is 2.26. The Morgan fingerprint density at radius 2 is 1.79 bits per heavy atom. The zero-order valence-corrected chi connectivity index (χ0v) is 19.9. The average molecular weight is 487 g/mol. The van der Waals surface area contributed by atoms with Crippen molar-refractivity contribution in [3.63, 3.8) is 0 Å². The molecule has 1 fully saturated rings. The molecule has 180 valence electrons. The van der Waals surface area contributed by atoms with Crippen molar-refractivity contribution in [1.29, 1.82) is 0 Å². The van der Waals surface area contributed by atoms with Gasteiger partial charge in [-0.2, -0.15) is 19.4 Å². The summed E-state index contributed by atoms with van der Waals surface area (Å²) in [6.45, 7) is 3.56. The van der Waals surface area contributed by atoms with Crippen molar-refractivity contribution in [3.8, 4) is 0 Å². The van der Waals surface area contributed by atoms with Crippen molar-refractivity contribution < 1.29 is 17.9 Å². The molecule has 0 aliphatic carbocycles. The number of methoxy groups -OCH3 is 1. The molecule has 1 saturated heterocycles. The third-order valence-electron chi connectivity index (χ3n) is 5.29. The molecule has 0 atom stereocenters. The van der Waals surface area contributed by atoms with E-state index in [4.69, 9.17) is 4.74 Å². The van der Waals surface area contributed by atoms with E-state index in [1.165, 1.54) is 17.7 Å². The molecule has 4 rings (SSSR count). The van der Waals surface area contributed by atoms with Crippen LogP contribution >= 0.6 is 0 Å². The van der Waals surface area contributed by atoms with Gasteiger partial charge in [-0.25, -0.2) is 13.2 Å². The van der Waals surface area contributed by atoms with Gasteiger partial charge in [0, 0.05) is 44.0 Å². The van der Waals surface area contributed by atoms with Crippen LogP contribution in [0, 0.1) is 6.92 Å². The number of hydrogen-bond acceptors (Lipinski definition) is 10. The molecule has 3 N–H and O–H groups in total. The average Bonchev–Trinajstić information content (AvgIpc) is 3.22. The maximum absolute atomic E-state index is 12.2. The summed E-state index contributed by atoms with van der Waals surface area (Å²) < 4.78 is 30.1. The van der Waals surface area contributed by atoms with Gasteiger partial charge < -0.3 is 20.3 Å². The van der Waals surface area contributed by atoms with Crippen LogP contribution in [0.25, 0.3) is 0 Å². The fraction of sp³-hybridized carbons (Fsp3) is 0.333. The van der Waals surface area contributed by atoms with E-state index in [2.05, 4.69) is 30.8 Å². The molecule has 0 saturated carbocycles. The number of para-hydroxylation sites is 1. The molecule has 0 unspecified atom stereocenters. The summed E-state index contributed by atoms with van der Waals surface area (Å²) in [6.07, 6.45) is 1.21. The number of esters is 1. The topological polar surface area (TPSA) is 145 Å². The van der Waals surface area contributed by atoms with Crippen molar-refractivity contribution in [3.05, 3.63) is 47.7 Å². The Morgan fingerprint density at radius 3 is 2.44 bits per heavy atom. The number of carbonyl (C=O) groups is 1. The van der Waals surface area contributed by atoms with Crippen LogP contribution in [-0.4, -0.2) is 78.4 Å². The number of aromatic amines is 1. The van der Waals surface area contributed by atoms with Crippen LogP contribution in [0.5, 0.6) is 0 Å². The SMILES string of the molecule is COC(=O)c1ccccc1Nc1nc(Nc2cc(C)[nH]n2)cc(N2CCN(S(C)(=O)=O)CC2)n1. The van der Waals surface area contributed by atoms with E-state index in [1.54, 1.807) is 30.3 Å². The Morgan fingerprint density at radius 1 is 1.06 bits per heavy atom. The predicted octanol–water partition coefficient (Wildman–Crippen LogP) is 1.86. The van der Waals surface area contributed by atoms with Crippen molar-refractivity contribution >= 4 is 45.1 Å². The van der Waals surface area contributed by atoms with Gasteiger partial charge >= 0.3 is 5.97 Å². The van der Waals surface area contributed by atoms with Gasteiger partial charge in [0.1, 0.15) is 11.6 Å². The lowest BCUT2D eigenvalue weighted by molar-refractivity contribution is 0.0602. The number of sulfonamides is 1. The number of carbonyl (C=O) groups excluding carboxylic acids is 1. The van der Waals surface area contributed by atoms with Crippen LogP contribution in [0.15, 0.2) is 36.4 Å². The molecule has 0 bridgehead atoms. The van der Waals surface area contributed by atoms with E-state index in [1.807, 2.05) is 17.9 Å². The Labute approximate surface area is 197 Å². The minimum atomic E-state index is -3.25. The van der Waals surface area contributed by atoms with Crippen molar-refractivity contribution in [2.45, 2.75) is 6.92 Å². The maximum atomic E-state index is 12.2. The summed E-state index contributed by atoms with van der Waals surface area (Å²) >= 11 is 0. The molecule has 0 radical (unpaired) electrons. The van der Waals surface area contributed by atoms with Gasteiger partial charge in [-0.1, -0.05) is 12.1 Å². The monoisotopic (exact) mass is 486 g/mol. The van der Waals surface area contributed by atoms with Crippen LogP contribution in [0.3, 0.4) is 0 Å². The fourth-order valence-corrected chi connectivity index (χ4v) is 4.41. The lowest BCUT2D eigenvalue weighted by atomic mass is 10.2. The zero-order chi connectivity index (χ0) is 24.3. The van der Waals surface area contributed by atoms with Crippen molar-refractivity contribution in [2.24, 2.45) is 0 Å². The van der Waals surface area contributed by atoms with Crippen LogP contribution < -0.4 is 15.5 Å². The van der Waals surface area contributed by atoms with Crippen LogP contribution in [0.4, 0.5) is 29.1 Å². The molecule has 0 amide bonds. The number of piperazine rings is 1. The molecule has 3 heterocycles. The number of benzene rings is 1. The molecule has 3 aromatic rings. The molecule has 34 heavy (non-hydrogen) atoms. The molecule has 0 spiro atoms. The predicted molar refractivity (Wildman–Crippen MR) is 128 cm³/mol. The fourth-order valence-electron chi connectivity index (χ4n) is 3.58. The van der Waals surface area contributed by atoms with Gasteiger partial charge in [-0.05, 0) is 19.1 Å². The molecule has 12 nitrogen and oxygen atoms in total. The summed E-state index contributed by atoms with van der Waals surface area (Å²) in [5, 5.41) is 13.3. The number of nitrogens with zero attached hydrogens (tertiary/aromatic N) is 5. The highest BCUT2D eigenvalue weighted by molar-refractivity contribution is 7.88. The van der Waals surface area contributed by atoms with Crippen LogP contribution in [-0.2, 0) is 14.8 Å². The summed E-state index contributed by atoms with van der Waals surface area (Å²) in [7, 11) is -1.93. The molecular weight excluding hydrogens is 460 g/mol. The van der Waals surface area contributed by atoms with Crippen LogP contribution in [0.2, 0.25) is 0 Å². The lowest BCUT2D eigenvalue weighted by Gasteiger charge is -2.34. The van der Waals surface area contributed by atoms with E-state index in [0.717, 1.165) is 5.69 Å². The lowest BCUT2D eigenvalue weighted by Crippen LogP contribution is -2.48. The second kappa shape index (κ2) is 9.65. The van der Waals surface area contributed by atoms with E-state index >= 15 is 0 Å². The first kappa shape index (κ1) is 23.4. The van der Waals surface area contributed by atoms with Gasteiger partial charge in [-0.3, -0.25) is 5.10 Å². The number of anilines is 5. The first-order valence-electron chi connectivity index (χ1n) is 10.6. The standard InChI is InChI=1S/C21H26N8O4S/c1-14-12-18(27-26-14)23-17-13-19(28-8-10-29(11-9-28)34(3,31)32)25-21(24-17)22-16-7-5-4-6-15(16)20(30)33-2/h4-7,12-13H,8-11H2,1-3H3,(H3,22,23,24,25,26,27). The maximum Gasteiger partial charge on any atom is 0.339 e. The number of H-pyrrole nitrogens is 1. The van der Waals surface area contributed by atoms with E-state index in [0.29, 0.717) is 54.9 Å². The van der Waals surface area contributed by atoms with Gasteiger partial charge in [0.05, 0.1) is 24.6 Å². The zero-order valence-electron chi connectivity index (χ0n) is 19.1. The summed E-state index contributed by atoms with van der Waals surface area (Å²) in [4.78, 5) is 23.3. The molecule has 1 aliphatic heterocycles. The Hall–Kier alpha value is -3.71. The number of aryl methyl sites for hydroxylation is 1.